The Morgan fingerprint density at radius 2 is 2.05 bits per heavy atom. The average Bonchev–Trinajstić information content (AvgIpc) is 2.36. The molecular weight excluding hydrogens is 295 g/mol. The maximum Gasteiger partial charge on any atom is 0.406 e. The number of aryl methyl sites for hydroxylation is 2. The molecule has 0 spiro atoms. The Kier molecular flexibility index (Phi) is 5.74. The maximum absolute atomic E-state index is 12.5. The molecule has 0 saturated carbocycles. The molecule has 0 radical (unpaired) electrons. The van der Waals surface area contributed by atoms with E-state index in [1.807, 2.05) is 0 Å². The van der Waals surface area contributed by atoms with Gasteiger partial charge in [0.15, 0.2) is 0 Å². The zero-order chi connectivity index (χ0) is 15.3. The van der Waals surface area contributed by atoms with Gasteiger partial charge in [0.1, 0.15) is 6.54 Å². The minimum atomic E-state index is -4.47. The quantitative estimate of drug-likeness (QED) is 0.785. The number of hydrogen-bond donors (Lipinski definition) is 0. The second kappa shape index (κ2) is 6.88. The third-order valence-electron chi connectivity index (χ3n) is 2.57. The summed E-state index contributed by atoms with van der Waals surface area (Å²) in [6, 6.07) is 1.45. The van der Waals surface area contributed by atoms with Crippen LogP contribution in [0.1, 0.15) is 28.7 Å². The van der Waals surface area contributed by atoms with Gasteiger partial charge in [-0.25, -0.2) is 0 Å². The number of carbonyl (C=O) groups is 1. The van der Waals surface area contributed by atoms with Gasteiger partial charge in [0.2, 0.25) is 0 Å². The summed E-state index contributed by atoms with van der Waals surface area (Å²) in [7, 11) is 0. The summed E-state index contributed by atoms with van der Waals surface area (Å²) >= 11 is 5.47. The Morgan fingerprint density at radius 3 is 2.55 bits per heavy atom. The topological polar surface area (TPSA) is 46.1 Å². The molecule has 0 fully saturated rings. The zero-order valence-electron chi connectivity index (χ0n) is 11.2. The van der Waals surface area contributed by atoms with Gasteiger partial charge < -0.3 is 4.90 Å². The number of aromatic nitrogens is 2. The Hall–Kier alpha value is -1.37. The number of rotatable bonds is 5. The number of amides is 1. The second-order valence-electron chi connectivity index (χ2n) is 4.23. The van der Waals surface area contributed by atoms with E-state index in [0.29, 0.717) is 22.7 Å². The molecule has 0 atom stereocenters. The molecule has 0 N–H and O–H groups in total. The highest BCUT2D eigenvalue weighted by Gasteiger charge is 2.33. The van der Waals surface area contributed by atoms with Gasteiger partial charge in [-0.2, -0.15) is 23.4 Å². The van der Waals surface area contributed by atoms with Crippen molar-refractivity contribution in [3.8, 4) is 0 Å². The van der Waals surface area contributed by atoms with Crippen molar-refractivity contribution in [2.24, 2.45) is 0 Å². The molecule has 0 saturated heterocycles. The smallest absolute Gasteiger partial charge is 0.328 e. The number of hydrogen-bond acceptors (Lipinski definition) is 3. The number of halogens is 4. The molecule has 0 aliphatic carbocycles. The van der Waals surface area contributed by atoms with Gasteiger partial charge in [0.05, 0.1) is 17.0 Å². The van der Waals surface area contributed by atoms with E-state index in [1.165, 1.54) is 6.07 Å². The molecule has 1 aromatic rings. The van der Waals surface area contributed by atoms with Crippen molar-refractivity contribution in [2.75, 3.05) is 19.0 Å². The van der Waals surface area contributed by atoms with E-state index in [-0.39, 0.29) is 18.0 Å². The molecule has 0 aliphatic heterocycles. The highest BCUT2D eigenvalue weighted by Crippen LogP contribution is 2.19. The monoisotopic (exact) mass is 309 g/mol. The minimum absolute atomic E-state index is 0.0687. The lowest BCUT2D eigenvalue weighted by Gasteiger charge is -2.23. The Labute approximate surface area is 119 Å². The van der Waals surface area contributed by atoms with Gasteiger partial charge in [-0.15, -0.1) is 11.6 Å². The molecule has 0 unspecified atom stereocenters. The molecule has 112 valence electrons. The van der Waals surface area contributed by atoms with E-state index in [0.717, 1.165) is 0 Å². The predicted molar refractivity (Wildman–Crippen MR) is 68.8 cm³/mol. The lowest BCUT2D eigenvalue weighted by Crippen LogP contribution is -2.40. The highest BCUT2D eigenvalue weighted by molar-refractivity contribution is 6.18. The first-order chi connectivity index (χ1) is 9.28. The standard InChI is InChI=1S/C12H15ClF3N3O/c1-3-10-9(6-8(2)17-18-10)11(20)19(5-4-13)7-12(14,15)16/h6H,3-5,7H2,1-2H3. The van der Waals surface area contributed by atoms with Crippen LogP contribution in [0, 0.1) is 6.92 Å². The molecule has 1 rings (SSSR count). The van der Waals surface area contributed by atoms with Crippen LogP contribution in [0.25, 0.3) is 0 Å². The third-order valence-corrected chi connectivity index (χ3v) is 2.74. The largest absolute Gasteiger partial charge is 0.406 e. The zero-order valence-corrected chi connectivity index (χ0v) is 11.9. The van der Waals surface area contributed by atoms with Crippen LogP contribution < -0.4 is 0 Å². The summed E-state index contributed by atoms with van der Waals surface area (Å²) in [5.41, 5.74) is 1.00. The van der Waals surface area contributed by atoms with E-state index in [4.69, 9.17) is 11.6 Å². The molecule has 0 bridgehead atoms. The lowest BCUT2D eigenvalue weighted by atomic mass is 10.1. The first-order valence-corrected chi connectivity index (χ1v) is 6.57. The van der Waals surface area contributed by atoms with Crippen LogP contribution in [0.2, 0.25) is 0 Å². The number of alkyl halides is 4. The highest BCUT2D eigenvalue weighted by atomic mass is 35.5. The molecule has 0 aromatic carbocycles. The van der Waals surface area contributed by atoms with Gasteiger partial charge in [0, 0.05) is 12.4 Å². The average molecular weight is 310 g/mol. The number of nitrogens with zero attached hydrogens (tertiary/aromatic N) is 3. The summed E-state index contributed by atoms with van der Waals surface area (Å²) < 4.78 is 37.5. The van der Waals surface area contributed by atoms with Crippen LogP contribution in [-0.4, -0.2) is 46.2 Å². The van der Waals surface area contributed by atoms with Crippen LogP contribution in [0.3, 0.4) is 0 Å². The third kappa shape index (κ3) is 4.63. The van der Waals surface area contributed by atoms with Crippen molar-refractivity contribution in [1.82, 2.24) is 15.1 Å². The molecule has 4 nitrogen and oxygen atoms in total. The summed E-state index contributed by atoms with van der Waals surface area (Å²) in [4.78, 5) is 12.9. The van der Waals surface area contributed by atoms with Crippen LogP contribution >= 0.6 is 11.6 Å². The van der Waals surface area contributed by atoms with Crippen molar-refractivity contribution in [1.29, 1.82) is 0 Å². The van der Waals surface area contributed by atoms with E-state index in [1.54, 1.807) is 13.8 Å². The first-order valence-electron chi connectivity index (χ1n) is 6.03. The fraction of sp³-hybridized carbons (Fsp3) is 0.583. The minimum Gasteiger partial charge on any atom is -0.328 e. The van der Waals surface area contributed by atoms with Crippen LogP contribution in [0.5, 0.6) is 0 Å². The normalized spacial score (nSPS) is 11.5. The number of carbonyl (C=O) groups excluding carboxylic acids is 1. The van der Waals surface area contributed by atoms with Gasteiger partial charge in [0.25, 0.3) is 5.91 Å². The van der Waals surface area contributed by atoms with Crippen LogP contribution in [-0.2, 0) is 6.42 Å². The van der Waals surface area contributed by atoms with Gasteiger partial charge >= 0.3 is 6.18 Å². The second-order valence-corrected chi connectivity index (χ2v) is 4.61. The van der Waals surface area contributed by atoms with Crippen molar-refractivity contribution >= 4 is 17.5 Å². The summed E-state index contributed by atoms with van der Waals surface area (Å²) in [6.45, 7) is 1.87. The molecular formula is C12H15ClF3N3O. The Bertz CT molecular complexity index is 480. The fourth-order valence-electron chi connectivity index (χ4n) is 1.70. The molecule has 20 heavy (non-hydrogen) atoms. The SMILES string of the molecule is CCc1nnc(C)cc1C(=O)N(CCCl)CC(F)(F)F. The van der Waals surface area contributed by atoms with Crippen LogP contribution in [0.4, 0.5) is 13.2 Å². The lowest BCUT2D eigenvalue weighted by molar-refractivity contribution is -0.140. The van der Waals surface area contributed by atoms with Crippen molar-refractivity contribution in [2.45, 2.75) is 26.4 Å². The molecule has 0 aliphatic rings. The van der Waals surface area contributed by atoms with Gasteiger partial charge in [-0.05, 0) is 19.4 Å². The van der Waals surface area contributed by atoms with E-state index in [9.17, 15) is 18.0 Å². The van der Waals surface area contributed by atoms with Crippen molar-refractivity contribution in [3.63, 3.8) is 0 Å². The van der Waals surface area contributed by atoms with Gasteiger partial charge in [-0.3, -0.25) is 4.79 Å². The summed E-state index contributed by atoms with van der Waals surface area (Å²) in [6.07, 6.45) is -4.06. The Morgan fingerprint density at radius 1 is 1.40 bits per heavy atom. The first kappa shape index (κ1) is 16.7. The van der Waals surface area contributed by atoms with Crippen molar-refractivity contribution in [3.05, 3.63) is 23.0 Å². The fourth-order valence-corrected chi connectivity index (χ4v) is 1.91. The molecule has 1 heterocycles. The predicted octanol–water partition coefficient (Wildman–Crippen LogP) is 2.59. The van der Waals surface area contributed by atoms with Crippen LogP contribution in [0.15, 0.2) is 6.07 Å². The molecule has 1 amide bonds. The molecule has 1 aromatic heterocycles. The Balaban J connectivity index is 3.08. The summed E-state index contributed by atoms with van der Waals surface area (Å²) in [5, 5.41) is 7.65. The maximum atomic E-state index is 12.5. The molecule has 8 heteroatoms. The van der Waals surface area contributed by atoms with Crippen molar-refractivity contribution < 1.29 is 18.0 Å². The van der Waals surface area contributed by atoms with Gasteiger partial charge in [-0.1, -0.05) is 6.92 Å². The summed E-state index contributed by atoms with van der Waals surface area (Å²) in [5.74, 6) is -0.793. The van der Waals surface area contributed by atoms with E-state index in [2.05, 4.69) is 10.2 Å². The van der Waals surface area contributed by atoms with E-state index >= 15 is 0 Å². The van der Waals surface area contributed by atoms with E-state index < -0.39 is 18.6 Å².